The second-order valence-electron chi connectivity index (χ2n) is 6.64. The van der Waals surface area contributed by atoms with E-state index in [1.807, 2.05) is 0 Å². The maximum atomic E-state index is 12.5. The molecule has 2 aliphatic rings. The number of alkyl halides is 3. The lowest BCUT2D eigenvalue weighted by Crippen LogP contribution is -2.44. The summed E-state index contributed by atoms with van der Waals surface area (Å²) in [7, 11) is 0. The molecule has 8 heteroatoms. The summed E-state index contributed by atoms with van der Waals surface area (Å²) in [6, 6.07) is 2.51. The normalized spacial score (nSPS) is 22.9. The highest BCUT2D eigenvalue weighted by Gasteiger charge is 2.32. The first-order valence-corrected chi connectivity index (χ1v) is 8.57. The maximum Gasteiger partial charge on any atom is 0.433 e. The molecule has 5 nitrogen and oxygen atoms in total. The van der Waals surface area contributed by atoms with E-state index < -0.39 is 11.9 Å². The van der Waals surface area contributed by atoms with E-state index in [2.05, 4.69) is 15.2 Å². The van der Waals surface area contributed by atoms with Crippen molar-refractivity contribution in [3.8, 4) is 0 Å². The van der Waals surface area contributed by atoms with Crippen molar-refractivity contribution in [2.75, 3.05) is 32.8 Å². The zero-order chi connectivity index (χ0) is 17.9. The molecule has 2 fully saturated rings. The smallest absolute Gasteiger partial charge is 0.380 e. The van der Waals surface area contributed by atoms with Gasteiger partial charge in [-0.15, -0.1) is 0 Å². The summed E-state index contributed by atoms with van der Waals surface area (Å²) in [5.41, 5.74) is -0.846. The monoisotopic (exact) mass is 357 g/mol. The number of halogens is 3. The average molecular weight is 357 g/mol. The van der Waals surface area contributed by atoms with Crippen molar-refractivity contribution in [1.29, 1.82) is 0 Å². The molecular formula is C17H22F3N3O2. The number of likely N-dealkylation sites (tertiary alicyclic amines) is 1. The van der Waals surface area contributed by atoms with Gasteiger partial charge in [-0.25, -0.2) is 0 Å². The lowest BCUT2D eigenvalue weighted by atomic mass is 9.95. The molecule has 25 heavy (non-hydrogen) atoms. The van der Waals surface area contributed by atoms with E-state index in [0.29, 0.717) is 18.5 Å². The maximum absolute atomic E-state index is 12.5. The third-order valence-corrected chi connectivity index (χ3v) is 4.94. The van der Waals surface area contributed by atoms with Crippen LogP contribution in [0.15, 0.2) is 18.3 Å². The second kappa shape index (κ2) is 7.70. The first kappa shape index (κ1) is 18.1. The van der Waals surface area contributed by atoms with Crippen molar-refractivity contribution in [1.82, 2.24) is 15.2 Å². The van der Waals surface area contributed by atoms with Crippen LogP contribution in [-0.4, -0.2) is 54.7 Å². The van der Waals surface area contributed by atoms with Crippen LogP contribution in [-0.2, 0) is 10.9 Å². The van der Waals surface area contributed by atoms with Crippen molar-refractivity contribution in [3.63, 3.8) is 0 Å². The van der Waals surface area contributed by atoms with E-state index in [0.717, 1.165) is 63.9 Å². The van der Waals surface area contributed by atoms with Crippen LogP contribution in [0.1, 0.15) is 35.3 Å². The summed E-state index contributed by atoms with van der Waals surface area (Å²) in [4.78, 5) is 17.8. The molecule has 0 unspecified atom stereocenters. The predicted molar refractivity (Wildman–Crippen MR) is 85.1 cm³/mol. The Kier molecular flexibility index (Phi) is 5.58. The van der Waals surface area contributed by atoms with Gasteiger partial charge >= 0.3 is 6.18 Å². The topological polar surface area (TPSA) is 54.5 Å². The minimum Gasteiger partial charge on any atom is -0.380 e. The Morgan fingerprint density at radius 2 is 2.04 bits per heavy atom. The lowest BCUT2D eigenvalue weighted by molar-refractivity contribution is -0.141. The Labute approximate surface area is 144 Å². The van der Waals surface area contributed by atoms with Gasteiger partial charge in [0.2, 0.25) is 0 Å². The molecule has 3 rings (SSSR count). The standard InChI is InChI=1S/C17H22F3N3O2/c18-17(19,20)15-2-1-13(10-21-15)16(24)22-9-12-3-6-23(7-4-12)14-5-8-25-11-14/h1-2,10,12,14H,3-9,11H2,(H,22,24)/t14-/m0/s1. The molecule has 0 spiro atoms. The van der Waals surface area contributed by atoms with Crippen LogP contribution in [0.4, 0.5) is 13.2 Å². The van der Waals surface area contributed by atoms with Gasteiger partial charge in [0, 0.05) is 25.4 Å². The molecule has 1 amide bonds. The summed E-state index contributed by atoms with van der Waals surface area (Å²) in [5, 5.41) is 2.81. The Balaban J connectivity index is 1.43. The van der Waals surface area contributed by atoms with Gasteiger partial charge in [-0.2, -0.15) is 13.2 Å². The van der Waals surface area contributed by atoms with Crippen molar-refractivity contribution >= 4 is 5.91 Å². The number of carbonyl (C=O) groups is 1. The summed E-state index contributed by atoms with van der Waals surface area (Å²) in [6.07, 6.45) is -0.430. The first-order chi connectivity index (χ1) is 11.9. The number of ether oxygens (including phenoxy) is 1. The van der Waals surface area contributed by atoms with Crippen LogP contribution >= 0.6 is 0 Å². The van der Waals surface area contributed by atoms with Crippen LogP contribution < -0.4 is 5.32 Å². The number of pyridine rings is 1. The molecule has 3 heterocycles. The van der Waals surface area contributed by atoms with Gasteiger partial charge in [0.15, 0.2) is 0 Å². The van der Waals surface area contributed by atoms with Gasteiger partial charge in [-0.05, 0) is 50.4 Å². The highest BCUT2D eigenvalue weighted by molar-refractivity contribution is 5.93. The molecule has 0 radical (unpaired) electrons. The van der Waals surface area contributed by atoms with Gasteiger partial charge in [0.25, 0.3) is 5.91 Å². The van der Waals surface area contributed by atoms with E-state index >= 15 is 0 Å². The van der Waals surface area contributed by atoms with Crippen LogP contribution in [0.3, 0.4) is 0 Å². The zero-order valence-electron chi connectivity index (χ0n) is 13.9. The molecule has 0 aromatic carbocycles. The highest BCUT2D eigenvalue weighted by atomic mass is 19.4. The number of hydrogen-bond acceptors (Lipinski definition) is 4. The average Bonchev–Trinajstić information content (AvgIpc) is 3.14. The minimum atomic E-state index is -4.49. The molecule has 2 aliphatic heterocycles. The fraction of sp³-hybridized carbons (Fsp3) is 0.647. The van der Waals surface area contributed by atoms with Crippen molar-refractivity contribution in [2.45, 2.75) is 31.5 Å². The van der Waals surface area contributed by atoms with Gasteiger partial charge in [0.1, 0.15) is 5.69 Å². The number of piperidine rings is 1. The molecule has 2 saturated heterocycles. The van der Waals surface area contributed by atoms with Gasteiger partial charge in [-0.3, -0.25) is 14.7 Å². The molecule has 138 valence electrons. The molecule has 1 atom stereocenters. The van der Waals surface area contributed by atoms with E-state index in [9.17, 15) is 18.0 Å². The molecule has 1 N–H and O–H groups in total. The molecule has 0 bridgehead atoms. The van der Waals surface area contributed by atoms with Gasteiger partial charge < -0.3 is 10.1 Å². The van der Waals surface area contributed by atoms with Crippen LogP contribution in [0, 0.1) is 5.92 Å². The number of hydrogen-bond donors (Lipinski definition) is 1. The highest BCUT2D eigenvalue weighted by Crippen LogP contribution is 2.27. The molecule has 0 aliphatic carbocycles. The first-order valence-electron chi connectivity index (χ1n) is 8.57. The Morgan fingerprint density at radius 3 is 2.60 bits per heavy atom. The Hall–Kier alpha value is -1.67. The third kappa shape index (κ3) is 4.70. The molecule has 0 saturated carbocycles. The van der Waals surface area contributed by atoms with E-state index in [4.69, 9.17) is 4.74 Å². The largest absolute Gasteiger partial charge is 0.433 e. The fourth-order valence-electron chi connectivity index (χ4n) is 3.37. The number of rotatable bonds is 4. The SMILES string of the molecule is O=C(NCC1CCN([C@H]2CCOC2)CC1)c1ccc(C(F)(F)F)nc1. The summed E-state index contributed by atoms with van der Waals surface area (Å²) < 4.78 is 42.9. The third-order valence-electron chi connectivity index (χ3n) is 4.94. The van der Waals surface area contributed by atoms with Crippen molar-refractivity contribution in [3.05, 3.63) is 29.6 Å². The zero-order valence-corrected chi connectivity index (χ0v) is 13.9. The van der Waals surface area contributed by atoms with Crippen molar-refractivity contribution < 1.29 is 22.7 Å². The number of aromatic nitrogens is 1. The Morgan fingerprint density at radius 1 is 1.28 bits per heavy atom. The summed E-state index contributed by atoms with van der Waals surface area (Å²) >= 11 is 0. The van der Waals surface area contributed by atoms with Gasteiger partial charge in [-0.1, -0.05) is 0 Å². The number of nitrogens with one attached hydrogen (secondary N) is 1. The Bertz CT molecular complexity index is 578. The van der Waals surface area contributed by atoms with Crippen molar-refractivity contribution in [2.24, 2.45) is 5.92 Å². The van der Waals surface area contributed by atoms with Crippen LogP contribution in [0.5, 0.6) is 0 Å². The fourth-order valence-corrected chi connectivity index (χ4v) is 3.37. The molecular weight excluding hydrogens is 335 g/mol. The lowest BCUT2D eigenvalue weighted by Gasteiger charge is -2.35. The number of amides is 1. The minimum absolute atomic E-state index is 0.147. The predicted octanol–water partition coefficient (Wildman–Crippen LogP) is 2.33. The van der Waals surface area contributed by atoms with Crippen LogP contribution in [0.25, 0.3) is 0 Å². The summed E-state index contributed by atoms with van der Waals surface area (Å²) in [5.74, 6) is 0.0118. The van der Waals surface area contributed by atoms with E-state index in [1.165, 1.54) is 0 Å². The van der Waals surface area contributed by atoms with Crippen LogP contribution in [0.2, 0.25) is 0 Å². The van der Waals surface area contributed by atoms with E-state index in [-0.39, 0.29) is 11.5 Å². The molecule has 1 aromatic heterocycles. The van der Waals surface area contributed by atoms with E-state index in [1.54, 1.807) is 0 Å². The number of nitrogens with zero attached hydrogens (tertiary/aromatic N) is 2. The second-order valence-corrected chi connectivity index (χ2v) is 6.64. The van der Waals surface area contributed by atoms with Gasteiger partial charge in [0.05, 0.1) is 12.2 Å². The summed E-state index contributed by atoms with van der Waals surface area (Å²) in [6.45, 7) is 4.17. The molecule has 1 aromatic rings. The quantitative estimate of drug-likeness (QED) is 0.899. The number of carbonyl (C=O) groups excluding carboxylic acids is 1.